The maximum atomic E-state index is 11.1. The number of ether oxygens (including phenoxy) is 1. The van der Waals surface area contributed by atoms with Crippen LogP contribution in [0.4, 0.5) is 0 Å². The topological polar surface area (TPSA) is 26.3 Å². The van der Waals surface area contributed by atoms with Crippen molar-refractivity contribution in [3.05, 3.63) is 30.3 Å². The van der Waals surface area contributed by atoms with Gasteiger partial charge in [-0.25, -0.2) is 0 Å². The summed E-state index contributed by atoms with van der Waals surface area (Å²) in [6, 6.07) is 9.58. The van der Waals surface area contributed by atoms with E-state index in [1.165, 1.54) is 0 Å². The first-order chi connectivity index (χ1) is 7.74. The van der Waals surface area contributed by atoms with Gasteiger partial charge < -0.3 is 4.74 Å². The second-order valence-electron chi connectivity index (χ2n) is 3.74. The minimum atomic E-state index is -0.251. The van der Waals surface area contributed by atoms with Crippen molar-refractivity contribution in [2.24, 2.45) is 5.92 Å². The van der Waals surface area contributed by atoms with Crippen LogP contribution in [0.5, 0.6) is 5.75 Å². The van der Waals surface area contributed by atoms with Crippen LogP contribution >= 0.6 is 11.6 Å². The summed E-state index contributed by atoms with van der Waals surface area (Å²) in [5.41, 5.74) is 0. The lowest BCUT2D eigenvalue weighted by Gasteiger charge is -2.12. The number of hydrogen-bond donors (Lipinski definition) is 0. The second-order valence-corrected chi connectivity index (χ2v) is 4.11. The van der Waals surface area contributed by atoms with Crippen LogP contribution in [0.2, 0.25) is 0 Å². The zero-order valence-electron chi connectivity index (χ0n) is 9.49. The van der Waals surface area contributed by atoms with Crippen LogP contribution in [0.3, 0.4) is 0 Å². The Morgan fingerprint density at radius 2 is 2.00 bits per heavy atom. The summed E-state index contributed by atoms with van der Waals surface area (Å²) in [5.74, 6) is 0.759. The van der Waals surface area contributed by atoms with Gasteiger partial charge >= 0.3 is 0 Å². The van der Waals surface area contributed by atoms with E-state index in [-0.39, 0.29) is 11.2 Å². The van der Waals surface area contributed by atoms with Gasteiger partial charge in [-0.3, -0.25) is 4.79 Å². The van der Waals surface area contributed by atoms with E-state index in [1.54, 1.807) is 0 Å². The summed E-state index contributed by atoms with van der Waals surface area (Å²) in [6.45, 7) is 2.58. The van der Waals surface area contributed by atoms with Gasteiger partial charge in [-0.1, -0.05) is 31.5 Å². The number of hydrogen-bond acceptors (Lipinski definition) is 2. The molecule has 0 aromatic heterocycles. The number of rotatable bonds is 7. The van der Waals surface area contributed by atoms with E-state index >= 15 is 0 Å². The molecule has 0 radical (unpaired) electrons. The highest BCUT2D eigenvalue weighted by atomic mass is 35.5. The van der Waals surface area contributed by atoms with Crippen molar-refractivity contribution in [2.45, 2.75) is 26.2 Å². The van der Waals surface area contributed by atoms with E-state index in [2.05, 4.69) is 0 Å². The van der Waals surface area contributed by atoms with Crippen molar-refractivity contribution in [3.8, 4) is 5.75 Å². The third-order valence-electron chi connectivity index (χ3n) is 2.44. The minimum Gasteiger partial charge on any atom is -0.494 e. The zero-order chi connectivity index (χ0) is 11.8. The molecule has 88 valence electrons. The molecule has 0 aliphatic heterocycles. The standard InChI is InChI=1S/C13H17ClO2/c1-2-6-11(13(14)15)9-10-16-12-7-4-3-5-8-12/h3-5,7-8,11H,2,6,9-10H2,1H3. The average Bonchev–Trinajstić information content (AvgIpc) is 2.29. The molecule has 0 spiro atoms. The Bertz CT molecular complexity index is 311. The maximum Gasteiger partial charge on any atom is 0.224 e. The smallest absolute Gasteiger partial charge is 0.224 e. The molecule has 0 N–H and O–H groups in total. The molecule has 0 aliphatic carbocycles. The zero-order valence-corrected chi connectivity index (χ0v) is 10.2. The Balaban J connectivity index is 2.31. The number of halogens is 1. The molecule has 1 aromatic rings. The van der Waals surface area contributed by atoms with Crippen molar-refractivity contribution in [3.63, 3.8) is 0 Å². The summed E-state index contributed by atoms with van der Waals surface area (Å²) in [6.07, 6.45) is 2.49. The Hall–Kier alpha value is -1.02. The first-order valence-electron chi connectivity index (χ1n) is 5.61. The van der Waals surface area contributed by atoms with Gasteiger partial charge in [-0.2, -0.15) is 0 Å². The van der Waals surface area contributed by atoms with E-state index in [4.69, 9.17) is 16.3 Å². The highest BCUT2D eigenvalue weighted by molar-refractivity contribution is 6.63. The first kappa shape index (κ1) is 13.0. The summed E-state index contributed by atoms with van der Waals surface area (Å²) < 4.78 is 5.52. The van der Waals surface area contributed by atoms with Crippen molar-refractivity contribution in [2.75, 3.05) is 6.61 Å². The van der Waals surface area contributed by atoms with Crippen LogP contribution in [0.15, 0.2) is 30.3 Å². The van der Waals surface area contributed by atoms with E-state index < -0.39 is 0 Å². The van der Waals surface area contributed by atoms with Gasteiger partial charge in [-0.05, 0) is 36.6 Å². The fraction of sp³-hybridized carbons (Fsp3) is 0.462. The number of benzene rings is 1. The van der Waals surface area contributed by atoms with Gasteiger partial charge in [0.2, 0.25) is 5.24 Å². The highest BCUT2D eigenvalue weighted by Crippen LogP contribution is 2.16. The SMILES string of the molecule is CCCC(CCOc1ccccc1)C(=O)Cl. The minimum absolute atomic E-state index is 0.0737. The van der Waals surface area contributed by atoms with Gasteiger partial charge in [0.1, 0.15) is 5.75 Å². The van der Waals surface area contributed by atoms with Crippen molar-refractivity contribution in [1.29, 1.82) is 0 Å². The van der Waals surface area contributed by atoms with Crippen molar-refractivity contribution in [1.82, 2.24) is 0 Å². The van der Waals surface area contributed by atoms with Gasteiger partial charge in [0, 0.05) is 5.92 Å². The van der Waals surface area contributed by atoms with Crippen LogP contribution in [0.1, 0.15) is 26.2 Å². The van der Waals surface area contributed by atoms with E-state index in [9.17, 15) is 4.79 Å². The van der Waals surface area contributed by atoms with E-state index in [0.717, 1.165) is 18.6 Å². The fourth-order valence-corrected chi connectivity index (χ4v) is 1.77. The molecule has 0 fully saturated rings. The Labute approximate surface area is 102 Å². The molecule has 0 amide bonds. The molecule has 0 heterocycles. The predicted molar refractivity (Wildman–Crippen MR) is 65.8 cm³/mol. The number of carbonyl (C=O) groups is 1. The second kappa shape index (κ2) is 7.29. The van der Waals surface area contributed by atoms with E-state index in [0.29, 0.717) is 13.0 Å². The molecule has 1 rings (SSSR count). The molecule has 0 saturated heterocycles. The Morgan fingerprint density at radius 1 is 1.31 bits per heavy atom. The normalized spacial score (nSPS) is 12.1. The molecule has 1 aromatic carbocycles. The van der Waals surface area contributed by atoms with Crippen LogP contribution < -0.4 is 4.74 Å². The molecule has 2 nitrogen and oxygen atoms in total. The van der Waals surface area contributed by atoms with Gasteiger partial charge in [0.25, 0.3) is 0 Å². The molecule has 0 saturated carbocycles. The molecule has 3 heteroatoms. The molecular formula is C13H17ClO2. The average molecular weight is 241 g/mol. The summed E-state index contributed by atoms with van der Waals surface area (Å²) in [5, 5.41) is -0.251. The van der Waals surface area contributed by atoms with Gasteiger partial charge in [0.05, 0.1) is 6.61 Å². The maximum absolute atomic E-state index is 11.1. The number of para-hydroxylation sites is 1. The van der Waals surface area contributed by atoms with Crippen LogP contribution in [-0.2, 0) is 4.79 Å². The fourth-order valence-electron chi connectivity index (χ4n) is 1.56. The highest BCUT2D eigenvalue weighted by Gasteiger charge is 2.14. The van der Waals surface area contributed by atoms with Crippen LogP contribution in [0.25, 0.3) is 0 Å². The largest absolute Gasteiger partial charge is 0.494 e. The molecular weight excluding hydrogens is 224 g/mol. The Kier molecular flexibility index (Phi) is 5.94. The summed E-state index contributed by atoms with van der Waals surface area (Å²) in [7, 11) is 0. The van der Waals surface area contributed by atoms with Crippen LogP contribution in [0, 0.1) is 5.92 Å². The Morgan fingerprint density at radius 3 is 2.56 bits per heavy atom. The van der Waals surface area contributed by atoms with Gasteiger partial charge in [-0.15, -0.1) is 0 Å². The lowest BCUT2D eigenvalue weighted by atomic mass is 10.0. The summed E-state index contributed by atoms with van der Waals surface area (Å²) >= 11 is 5.51. The van der Waals surface area contributed by atoms with Crippen LogP contribution in [-0.4, -0.2) is 11.8 Å². The lowest BCUT2D eigenvalue weighted by molar-refractivity contribution is -0.115. The molecule has 16 heavy (non-hydrogen) atoms. The number of carbonyl (C=O) groups excluding carboxylic acids is 1. The third kappa shape index (κ3) is 4.67. The molecule has 0 aliphatic rings. The van der Waals surface area contributed by atoms with Crippen molar-refractivity contribution >= 4 is 16.8 Å². The molecule has 0 bridgehead atoms. The first-order valence-corrected chi connectivity index (χ1v) is 5.99. The van der Waals surface area contributed by atoms with Gasteiger partial charge in [0.15, 0.2) is 0 Å². The summed E-state index contributed by atoms with van der Waals surface area (Å²) in [4.78, 5) is 11.1. The third-order valence-corrected chi connectivity index (χ3v) is 2.74. The predicted octanol–water partition coefficient (Wildman–Crippen LogP) is 3.64. The molecule has 1 unspecified atom stereocenters. The molecule has 1 atom stereocenters. The quantitative estimate of drug-likeness (QED) is 0.681. The van der Waals surface area contributed by atoms with E-state index in [1.807, 2.05) is 37.3 Å². The lowest BCUT2D eigenvalue weighted by Crippen LogP contribution is -2.13. The van der Waals surface area contributed by atoms with Crippen molar-refractivity contribution < 1.29 is 9.53 Å². The monoisotopic (exact) mass is 240 g/mol.